The van der Waals surface area contributed by atoms with E-state index in [0.717, 1.165) is 12.3 Å². The number of benzene rings is 1. The molecule has 5 heteroatoms. The van der Waals surface area contributed by atoms with Crippen LogP contribution < -0.4 is 5.32 Å². The maximum absolute atomic E-state index is 14.6. The summed E-state index contributed by atoms with van der Waals surface area (Å²) in [6.07, 6.45) is 6.51. The number of para-hydroxylation sites is 1. The SMILES string of the molecule is CS(=O)(=O)C1(F)C=CC=CC1Nc1ccccc1. The van der Waals surface area contributed by atoms with E-state index in [1.54, 1.807) is 30.3 Å². The van der Waals surface area contributed by atoms with Crippen LogP contribution in [0, 0.1) is 0 Å². The second-order valence-corrected chi connectivity index (χ2v) is 6.37. The molecule has 0 amide bonds. The van der Waals surface area contributed by atoms with Gasteiger partial charge in [0, 0.05) is 11.9 Å². The number of nitrogens with one attached hydrogen (secondary N) is 1. The Balaban J connectivity index is 2.32. The van der Waals surface area contributed by atoms with E-state index in [0.29, 0.717) is 5.69 Å². The molecule has 0 heterocycles. The highest BCUT2D eigenvalue weighted by Crippen LogP contribution is 2.31. The van der Waals surface area contributed by atoms with Crippen LogP contribution in [-0.4, -0.2) is 25.7 Å². The molecule has 1 N–H and O–H groups in total. The molecule has 0 aliphatic heterocycles. The molecule has 1 aliphatic carbocycles. The van der Waals surface area contributed by atoms with Gasteiger partial charge in [-0.05, 0) is 18.2 Å². The Morgan fingerprint density at radius 3 is 2.50 bits per heavy atom. The van der Waals surface area contributed by atoms with Gasteiger partial charge in [0.05, 0.1) is 6.04 Å². The summed E-state index contributed by atoms with van der Waals surface area (Å²) in [7, 11) is -3.86. The monoisotopic (exact) mass is 267 g/mol. The predicted molar refractivity (Wildman–Crippen MR) is 70.8 cm³/mol. The average molecular weight is 267 g/mol. The third kappa shape index (κ3) is 2.31. The maximum atomic E-state index is 14.6. The van der Waals surface area contributed by atoms with Gasteiger partial charge in [-0.1, -0.05) is 36.4 Å². The zero-order chi connectivity index (χ0) is 13.2. The van der Waals surface area contributed by atoms with Crippen molar-refractivity contribution in [3.05, 3.63) is 54.6 Å². The first-order chi connectivity index (χ1) is 8.43. The fourth-order valence-electron chi connectivity index (χ4n) is 1.81. The molecule has 2 rings (SSSR count). The summed E-state index contributed by atoms with van der Waals surface area (Å²) in [4.78, 5) is 0. The minimum atomic E-state index is -3.86. The number of halogens is 1. The number of anilines is 1. The van der Waals surface area contributed by atoms with Crippen molar-refractivity contribution >= 4 is 15.5 Å². The van der Waals surface area contributed by atoms with Crippen molar-refractivity contribution in [2.24, 2.45) is 0 Å². The lowest BCUT2D eigenvalue weighted by Crippen LogP contribution is -2.47. The second kappa shape index (κ2) is 4.57. The molecular formula is C13H14FNO2S. The maximum Gasteiger partial charge on any atom is 0.252 e. The summed E-state index contributed by atoms with van der Waals surface area (Å²) in [5.41, 5.74) is 0.674. The summed E-state index contributed by atoms with van der Waals surface area (Å²) >= 11 is 0. The van der Waals surface area contributed by atoms with Crippen molar-refractivity contribution in [2.45, 2.75) is 11.0 Å². The molecule has 1 aromatic carbocycles. The normalized spacial score (nSPS) is 27.1. The lowest BCUT2D eigenvalue weighted by atomic mass is 10.1. The third-order valence-electron chi connectivity index (χ3n) is 2.83. The third-order valence-corrected chi connectivity index (χ3v) is 4.35. The zero-order valence-electron chi connectivity index (χ0n) is 9.88. The summed E-state index contributed by atoms with van der Waals surface area (Å²) in [5, 5.41) is 0.467. The first kappa shape index (κ1) is 12.8. The predicted octanol–water partition coefficient (Wildman–Crippen LogP) is 2.30. The van der Waals surface area contributed by atoms with Gasteiger partial charge in [0.2, 0.25) is 0 Å². The van der Waals surface area contributed by atoms with Gasteiger partial charge in [-0.15, -0.1) is 0 Å². The van der Waals surface area contributed by atoms with E-state index >= 15 is 0 Å². The van der Waals surface area contributed by atoms with Gasteiger partial charge in [0.1, 0.15) is 0 Å². The van der Waals surface area contributed by atoms with Crippen LogP contribution in [0.15, 0.2) is 54.6 Å². The highest BCUT2D eigenvalue weighted by atomic mass is 32.2. The summed E-state index contributed by atoms with van der Waals surface area (Å²) < 4.78 is 37.9. The van der Waals surface area contributed by atoms with E-state index in [4.69, 9.17) is 0 Å². The fourth-order valence-corrected chi connectivity index (χ4v) is 2.74. The molecule has 18 heavy (non-hydrogen) atoms. The van der Waals surface area contributed by atoms with Crippen LogP contribution in [0.5, 0.6) is 0 Å². The fraction of sp³-hybridized carbons (Fsp3) is 0.231. The quantitative estimate of drug-likeness (QED) is 0.914. The van der Waals surface area contributed by atoms with Crippen LogP contribution in [0.1, 0.15) is 0 Å². The van der Waals surface area contributed by atoms with Gasteiger partial charge >= 0.3 is 0 Å². The number of allylic oxidation sites excluding steroid dienone is 2. The number of rotatable bonds is 3. The Morgan fingerprint density at radius 1 is 1.22 bits per heavy atom. The number of sulfone groups is 1. The zero-order valence-corrected chi connectivity index (χ0v) is 10.7. The van der Waals surface area contributed by atoms with Crippen LogP contribution in [0.4, 0.5) is 10.1 Å². The van der Waals surface area contributed by atoms with Crippen LogP contribution >= 0.6 is 0 Å². The van der Waals surface area contributed by atoms with Gasteiger partial charge in [-0.25, -0.2) is 12.8 Å². The molecule has 0 saturated carbocycles. The van der Waals surface area contributed by atoms with E-state index in [-0.39, 0.29) is 0 Å². The topological polar surface area (TPSA) is 46.2 Å². The number of hydrogen-bond acceptors (Lipinski definition) is 3. The highest BCUT2D eigenvalue weighted by Gasteiger charge is 2.46. The van der Waals surface area contributed by atoms with E-state index in [1.165, 1.54) is 12.2 Å². The first-order valence-electron chi connectivity index (χ1n) is 5.49. The van der Waals surface area contributed by atoms with Crippen LogP contribution in [-0.2, 0) is 9.84 Å². The van der Waals surface area contributed by atoms with Crippen molar-refractivity contribution in [1.29, 1.82) is 0 Å². The Bertz CT molecular complexity index is 580. The van der Waals surface area contributed by atoms with Gasteiger partial charge in [-0.3, -0.25) is 0 Å². The number of alkyl halides is 1. The van der Waals surface area contributed by atoms with Crippen LogP contribution in [0.25, 0.3) is 0 Å². The standard InChI is InChI=1S/C13H14FNO2S/c1-18(16,17)13(14)10-6-5-9-12(13)15-11-7-3-2-4-8-11/h2-10,12,15H,1H3. The molecule has 0 bridgehead atoms. The molecule has 3 nitrogen and oxygen atoms in total. The summed E-state index contributed by atoms with van der Waals surface area (Å²) in [5.74, 6) is 0. The second-order valence-electron chi connectivity index (χ2n) is 4.20. The highest BCUT2D eigenvalue weighted by molar-refractivity contribution is 7.92. The molecule has 1 aliphatic rings. The van der Waals surface area contributed by atoms with Gasteiger partial charge in [-0.2, -0.15) is 0 Å². The van der Waals surface area contributed by atoms with Gasteiger partial charge in [0.25, 0.3) is 5.00 Å². The first-order valence-corrected chi connectivity index (χ1v) is 7.39. The summed E-state index contributed by atoms with van der Waals surface area (Å²) in [6, 6.07) is 8.01. The van der Waals surface area contributed by atoms with Crippen molar-refractivity contribution in [2.75, 3.05) is 11.6 Å². The van der Waals surface area contributed by atoms with E-state index < -0.39 is 20.9 Å². The lowest BCUT2D eigenvalue weighted by Gasteiger charge is -2.30. The molecule has 2 atom stereocenters. The molecule has 2 unspecified atom stereocenters. The van der Waals surface area contributed by atoms with Gasteiger partial charge < -0.3 is 5.32 Å². The van der Waals surface area contributed by atoms with Crippen LogP contribution in [0.3, 0.4) is 0 Å². The molecule has 1 aromatic rings. The Labute approximate surface area is 106 Å². The van der Waals surface area contributed by atoms with Crippen molar-refractivity contribution < 1.29 is 12.8 Å². The molecule has 0 radical (unpaired) electrons. The van der Waals surface area contributed by atoms with Crippen molar-refractivity contribution in [1.82, 2.24) is 0 Å². The summed E-state index contributed by atoms with van der Waals surface area (Å²) in [6.45, 7) is 0. The minimum absolute atomic E-state index is 0.674. The Morgan fingerprint density at radius 2 is 1.89 bits per heavy atom. The molecule has 0 spiro atoms. The van der Waals surface area contributed by atoms with Gasteiger partial charge in [0.15, 0.2) is 9.84 Å². The molecular weight excluding hydrogens is 253 g/mol. The smallest absolute Gasteiger partial charge is 0.252 e. The number of hydrogen-bond donors (Lipinski definition) is 1. The lowest BCUT2D eigenvalue weighted by molar-refractivity contribution is 0.314. The largest absolute Gasteiger partial charge is 0.374 e. The van der Waals surface area contributed by atoms with E-state index in [9.17, 15) is 12.8 Å². The average Bonchev–Trinajstić information content (AvgIpc) is 2.32. The molecule has 0 saturated heterocycles. The molecule has 96 valence electrons. The van der Waals surface area contributed by atoms with Crippen molar-refractivity contribution in [3.8, 4) is 0 Å². The molecule has 0 fully saturated rings. The van der Waals surface area contributed by atoms with Crippen molar-refractivity contribution in [3.63, 3.8) is 0 Å². The minimum Gasteiger partial charge on any atom is -0.374 e. The molecule has 0 aromatic heterocycles. The van der Waals surface area contributed by atoms with E-state index in [2.05, 4.69) is 5.32 Å². The Kier molecular flexibility index (Phi) is 3.26. The van der Waals surface area contributed by atoms with Crippen LogP contribution in [0.2, 0.25) is 0 Å². The Hall–Kier alpha value is -1.62. The van der Waals surface area contributed by atoms with E-state index in [1.807, 2.05) is 6.07 Å².